The molecule has 0 aromatic rings. The average molecular weight is 1010 g/mol. The second kappa shape index (κ2) is 61.2. The molecule has 0 radical (unpaired) electrons. The SMILES string of the molecule is CCCCCCC/C=C\C/C=C\CCCCCCCCCCCCCCCCCC(=O)OCC(COC(=O)CCCCCCCC)OC(=O)CCCCCCCCCCC/C=C\CCCCCCCCCC. The first-order chi connectivity index (χ1) is 35.5. The van der Waals surface area contributed by atoms with E-state index < -0.39 is 6.10 Å². The molecular weight excluding hydrogens is 889 g/mol. The summed E-state index contributed by atoms with van der Waals surface area (Å²) in [5.41, 5.74) is 0. The lowest BCUT2D eigenvalue weighted by molar-refractivity contribution is -0.167. The van der Waals surface area contributed by atoms with Crippen molar-refractivity contribution in [2.24, 2.45) is 0 Å². The van der Waals surface area contributed by atoms with Crippen molar-refractivity contribution in [3.05, 3.63) is 36.5 Å². The lowest BCUT2D eigenvalue weighted by Gasteiger charge is -2.18. The second-order valence-corrected chi connectivity index (χ2v) is 21.7. The average Bonchev–Trinajstić information content (AvgIpc) is 3.38. The second-order valence-electron chi connectivity index (χ2n) is 21.7. The van der Waals surface area contributed by atoms with Crippen LogP contribution in [0.5, 0.6) is 0 Å². The molecule has 0 bridgehead atoms. The maximum Gasteiger partial charge on any atom is 0.306 e. The standard InChI is InChI=1S/C66H122O6/c1-4-7-10-13-16-18-20-22-24-26-28-30-31-32-33-34-35-37-38-40-42-44-46-48-50-53-56-59-65(68)71-62-63(61-70-64(67)58-55-52-15-12-9-6-3)72-66(69)60-57-54-51-49-47-45-43-41-39-36-29-27-25-23-21-19-17-14-11-8-5-2/h20,22,26-29,63H,4-19,21,23-25,30-62H2,1-3H3/b22-20-,28-26-,29-27-. The van der Waals surface area contributed by atoms with Gasteiger partial charge in [-0.05, 0) is 77.0 Å². The molecule has 72 heavy (non-hydrogen) atoms. The number of allylic oxidation sites excluding steroid dienone is 6. The van der Waals surface area contributed by atoms with E-state index >= 15 is 0 Å². The first-order valence-electron chi connectivity index (χ1n) is 32.0. The highest BCUT2D eigenvalue weighted by Crippen LogP contribution is 2.17. The summed E-state index contributed by atoms with van der Waals surface area (Å²) in [6.45, 7) is 6.62. The van der Waals surface area contributed by atoms with E-state index in [4.69, 9.17) is 14.2 Å². The first-order valence-corrected chi connectivity index (χ1v) is 32.0. The molecule has 1 atom stereocenters. The van der Waals surface area contributed by atoms with Gasteiger partial charge in [-0.1, -0.05) is 288 Å². The third kappa shape index (κ3) is 58.5. The number of esters is 3. The maximum absolute atomic E-state index is 12.8. The molecule has 0 aliphatic rings. The molecule has 0 rings (SSSR count). The monoisotopic (exact) mass is 1010 g/mol. The van der Waals surface area contributed by atoms with Crippen LogP contribution in [0.4, 0.5) is 0 Å². The summed E-state index contributed by atoms with van der Waals surface area (Å²) >= 11 is 0. The fraction of sp³-hybridized carbons (Fsp3) is 0.864. The van der Waals surface area contributed by atoms with E-state index in [2.05, 4.69) is 57.2 Å². The van der Waals surface area contributed by atoms with Gasteiger partial charge in [-0.2, -0.15) is 0 Å². The van der Waals surface area contributed by atoms with E-state index in [1.54, 1.807) is 0 Å². The van der Waals surface area contributed by atoms with Gasteiger partial charge in [-0.3, -0.25) is 14.4 Å². The molecule has 6 heteroatoms. The summed E-state index contributed by atoms with van der Waals surface area (Å²) in [7, 11) is 0. The molecule has 0 aromatic heterocycles. The molecule has 0 fully saturated rings. The third-order valence-corrected chi connectivity index (χ3v) is 14.4. The molecule has 0 aromatic carbocycles. The highest BCUT2D eigenvalue weighted by atomic mass is 16.6. The molecule has 1 unspecified atom stereocenters. The van der Waals surface area contributed by atoms with E-state index in [1.807, 2.05) is 0 Å². The molecule has 0 saturated heterocycles. The Balaban J connectivity index is 4.04. The van der Waals surface area contributed by atoms with Gasteiger partial charge in [-0.25, -0.2) is 0 Å². The third-order valence-electron chi connectivity index (χ3n) is 14.4. The number of hydrogen-bond acceptors (Lipinski definition) is 6. The summed E-state index contributed by atoms with van der Waals surface area (Å²) in [4.78, 5) is 38.0. The van der Waals surface area contributed by atoms with E-state index in [1.165, 1.54) is 244 Å². The predicted octanol–water partition coefficient (Wildman–Crippen LogP) is 21.6. The lowest BCUT2D eigenvalue weighted by Crippen LogP contribution is -2.30. The maximum atomic E-state index is 12.8. The fourth-order valence-electron chi connectivity index (χ4n) is 9.53. The quantitative estimate of drug-likeness (QED) is 0.0261. The van der Waals surface area contributed by atoms with Gasteiger partial charge < -0.3 is 14.2 Å². The molecular formula is C66H122O6. The van der Waals surface area contributed by atoms with Crippen LogP contribution < -0.4 is 0 Å². The Morgan fingerprint density at radius 1 is 0.278 bits per heavy atom. The van der Waals surface area contributed by atoms with E-state index in [0.29, 0.717) is 19.3 Å². The van der Waals surface area contributed by atoms with Crippen molar-refractivity contribution < 1.29 is 28.6 Å². The summed E-state index contributed by atoms with van der Waals surface area (Å²) < 4.78 is 16.8. The summed E-state index contributed by atoms with van der Waals surface area (Å²) in [5, 5.41) is 0. The van der Waals surface area contributed by atoms with Crippen LogP contribution in [-0.2, 0) is 28.6 Å². The number of carbonyl (C=O) groups is 3. The van der Waals surface area contributed by atoms with Crippen LogP contribution in [0.3, 0.4) is 0 Å². The molecule has 0 saturated carbocycles. The van der Waals surface area contributed by atoms with Crippen molar-refractivity contribution >= 4 is 17.9 Å². The molecule has 0 spiro atoms. The molecule has 0 aliphatic carbocycles. The molecule has 0 amide bonds. The summed E-state index contributed by atoms with van der Waals surface area (Å²) in [6, 6.07) is 0. The molecule has 0 heterocycles. The van der Waals surface area contributed by atoms with Gasteiger partial charge in [0.25, 0.3) is 0 Å². The highest BCUT2D eigenvalue weighted by Gasteiger charge is 2.19. The van der Waals surface area contributed by atoms with Crippen LogP contribution in [0, 0.1) is 0 Å². The minimum atomic E-state index is -0.768. The van der Waals surface area contributed by atoms with E-state index in [0.717, 1.165) is 64.2 Å². The molecule has 6 nitrogen and oxygen atoms in total. The van der Waals surface area contributed by atoms with Gasteiger partial charge in [0.1, 0.15) is 13.2 Å². The van der Waals surface area contributed by atoms with Gasteiger partial charge in [-0.15, -0.1) is 0 Å². The zero-order valence-electron chi connectivity index (χ0n) is 48.5. The Labute approximate surface area is 448 Å². The van der Waals surface area contributed by atoms with Crippen LogP contribution in [0.15, 0.2) is 36.5 Å². The Bertz CT molecular complexity index is 1210. The van der Waals surface area contributed by atoms with Crippen molar-refractivity contribution in [2.75, 3.05) is 13.2 Å². The smallest absolute Gasteiger partial charge is 0.306 e. The zero-order valence-corrected chi connectivity index (χ0v) is 48.5. The van der Waals surface area contributed by atoms with Crippen LogP contribution >= 0.6 is 0 Å². The number of carbonyl (C=O) groups excluding carboxylic acids is 3. The number of ether oxygens (including phenoxy) is 3. The number of hydrogen-bond donors (Lipinski definition) is 0. The Morgan fingerprint density at radius 3 is 0.778 bits per heavy atom. The van der Waals surface area contributed by atoms with Gasteiger partial charge in [0.15, 0.2) is 6.10 Å². The lowest BCUT2D eigenvalue weighted by atomic mass is 10.0. The predicted molar refractivity (Wildman–Crippen MR) is 312 cm³/mol. The fourth-order valence-corrected chi connectivity index (χ4v) is 9.53. The van der Waals surface area contributed by atoms with Gasteiger partial charge in [0.2, 0.25) is 0 Å². The Hall–Kier alpha value is -2.37. The van der Waals surface area contributed by atoms with Crippen molar-refractivity contribution in [2.45, 2.75) is 354 Å². The van der Waals surface area contributed by atoms with Crippen LogP contribution in [-0.4, -0.2) is 37.2 Å². The number of rotatable bonds is 59. The van der Waals surface area contributed by atoms with E-state index in [9.17, 15) is 14.4 Å². The highest BCUT2D eigenvalue weighted by molar-refractivity contribution is 5.71. The van der Waals surface area contributed by atoms with Gasteiger partial charge in [0, 0.05) is 19.3 Å². The Kier molecular flexibility index (Phi) is 59.2. The van der Waals surface area contributed by atoms with Crippen molar-refractivity contribution in [3.8, 4) is 0 Å². The van der Waals surface area contributed by atoms with Crippen molar-refractivity contribution in [1.29, 1.82) is 0 Å². The van der Waals surface area contributed by atoms with Crippen LogP contribution in [0.25, 0.3) is 0 Å². The number of unbranched alkanes of at least 4 members (excludes halogenated alkanes) is 42. The molecule has 422 valence electrons. The molecule has 0 aliphatic heterocycles. The van der Waals surface area contributed by atoms with Gasteiger partial charge >= 0.3 is 17.9 Å². The van der Waals surface area contributed by atoms with Crippen molar-refractivity contribution in [3.63, 3.8) is 0 Å². The minimum absolute atomic E-state index is 0.0693. The van der Waals surface area contributed by atoms with Crippen molar-refractivity contribution in [1.82, 2.24) is 0 Å². The summed E-state index contributed by atoms with van der Waals surface area (Å²) in [5.74, 6) is -0.862. The minimum Gasteiger partial charge on any atom is -0.462 e. The van der Waals surface area contributed by atoms with Crippen LogP contribution in [0.2, 0.25) is 0 Å². The van der Waals surface area contributed by atoms with Gasteiger partial charge in [0.05, 0.1) is 0 Å². The zero-order chi connectivity index (χ0) is 52.2. The topological polar surface area (TPSA) is 78.9 Å². The molecule has 0 N–H and O–H groups in total. The Morgan fingerprint density at radius 2 is 0.500 bits per heavy atom. The largest absolute Gasteiger partial charge is 0.462 e. The first kappa shape index (κ1) is 69.6. The van der Waals surface area contributed by atoms with Crippen LogP contribution in [0.1, 0.15) is 348 Å². The normalized spacial score (nSPS) is 12.2. The van der Waals surface area contributed by atoms with E-state index in [-0.39, 0.29) is 31.1 Å². The summed E-state index contributed by atoms with van der Waals surface area (Å²) in [6.07, 6.45) is 74.8.